The largest absolute Gasteiger partial charge is 0.465 e. The van der Waals surface area contributed by atoms with Crippen molar-refractivity contribution in [3.63, 3.8) is 0 Å². The lowest BCUT2D eigenvalue weighted by Crippen LogP contribution is -2.42. The molecule has 0 amide bonds. The van der Waals surface area contributed by atoms with Crippen LogP contribution in [0.1, 0.15) is 22.3 Å². The third kappa shape index (κ3) is 3.31. The van der Waals surface area contributed by atoms with E-state index in [1.807, 2.05) is 23.8 Å². The van der Waals surface area contributed by atoms with Gasteiger partial charge in [-0.15, -0.1) is 0 Å². The summed E-state index contributed by atoms with van der Waals surface area (Å²) >= 11 is 0. The first-order valence-corrected chi connectivity index (χ1v) is 9.18. The van der Waals surface area contributed by atoms with Crippen LogP contribution < -0.4 is 15.9 Å². The molecule has 0 spiro atoms. The molecule has 4 aromatic rings. The van der Waals surface area contributed by atoms with Gasteiger partial charge in [0.05, 0.1) is 20.0 Å². The van der Waals surface area contributed by atoms with E-state index in [9.17, 15) is 9.59 Å². The Kier molecular flexibility index (Phi) is 4.71. The molecule has 0 saturated heterocycles. The minimum atomic E-state index is -0.596. The highest BCUT2D eigenvalue weighted by molar-refractivity contribution is 5.96. The lowest BCUT2D eigenvalue weighted by molar-refractivity contribution is -0.659. The summed E-state index contributed by atoms with van der Waals surface area (Å²) in [6, 6.07) is 5.15. The van der Waals surface area contributed by atoms with Crippen molar-refractivity contribution in [3.05, 3.63) is 64.6 Å². The Morgan fingerprint density at radius 2 is 2.17 bits per heavy atom. The van der Waals surface area contributed by atoms with E-state index in [0.29, 0.717) is 36.2 Å². The van der Waals surface area contributed by atoms with Crippen LogP contribution >= 0.6 is 0 Å². The van der Waals surface area contributed by atoms with Crippen LogP contribution in [0.15, 0.2) is 47.9 Å². The van der Waals surface area contributed by atoms with E-state index in [0.717, 1.165) is 5.56 Å². The number of aromatic nitrogens is 5. The maximum absolute atomic E-state index is 13.1. The summed E-state index contributed by atoms with van der Waals surface area (Å²) < 4.78 is 9.99. The zero-order chi connectivity index (χ0) is 20.5. The number of hydrogen-bond donors (Lipinski definition) is 1. The van der Waals surface area contributed by atoms with Gasteiger partial charge in [-0.05, 0) is 31.0 Å². The van der Waals surface area contributed by atoms with Gasteiger partial charge in [-0.2, -0.15) is 0 Å². The summed E-state index contributed by atoms with van der Waals surface area (Å²) in [5.74, 6) is -0.375. The molecule has 0 bridgehead atoms. The van der Waals surface area contributed by atoms with Gasteiger partial charge in [-0.3, -0.25) is 9.20 Å². The minimum absolute atomic E-state index is 0.147. The highest BCUT2D eigenvalue weighted by atomic mass is 16.5. The van der Waals surface area contributed by atoms with E-state index in [1.165, 1.54) is 17.6 Å². The van der Waals surface area contributed by atoms with Crippen LogP contribution in [-0.4, -0.2) is 32.0 Å². The predicted molar refractivity (Wildman–Crippen MR) is 106 cm³/mol. The lowest BCUT2D eigenvalue weighted by atomic mass is 10.2. The van der Waals surface area contributed by atoms with Gasteiger partial charge >= 0.3 is 5.97 Å². The second-order valence-corrected chi connectivity index (χ2v) is 6.83. The minimum Gasteiger partial charge on any atom is -0.465 e. The van der Waals surface area contributed by atoms with E-state index in [-0.39, 0.29) is 16.9 Å². The molecule has 0 saturated carbocycles. The van der Waals surface area contributed by atoms with Crippen molar-refractivity contribution in [1.82, 2.24) is 18.9 Å². The SMILES string of the molecule is COC(=O)c1cc2c(=O)n3cc(C)ccc3nc2[n+](CCCn2ccnc2)c1N. The molecule has 4 aromatic heterocycles. The fourth-order valence-electron chi connectivity index (χ4n) is 3.39. The lowest BCUT2D eigenvalue weighted by Gasteiger charge is -2.11. The Labute approximate surface area is 166 Å². The summed E-state index contributed by atoms with van der Waals surface area (Å²) in [5, 5.41) is 0.310. The predicted octanol–water partition coefficient (Wildman–Crippen LogP) is 1.10. The second kappa shape index (κ2) is 7.34. The number of nitrogens with zero attached hydrogens (tertiary/aromatic N) is 5. The smallest absolute Gasteiger partial charge is 0.344 e. The molecule has 0 fully saturated rings. The third-order valence-electron chi connectivity index (χ3n) is 4.86. The Hall–Kier alpha value is -3.75. The van der Waals surface area contributed by atoms with Gasteiger partial charge in [0, 0.05) is 25.1 Å². The van der Waals surface area contributed by atoms with Gasteiger partial charge in [-0.1, -0.05) is 11.1 Å². The molecule has 2 N–H and O–H groups in total. The van der Waals surface area contributed by atoms with Crippen LogP contribution in [0, 0.1) is 6.92 Å². The first-order chi connectivity index (χ1) is 14.0. The van der Waals surface area contributed by atoms with E-state index < -0.39 is 5.97 Å². The third-order valence-corrected chi connectivity index (χ3v) is 4.86. The summed E-state index contributed by atoms with van der Waals surface area (Å²) in [6.07, 6.45) is 7.75. The Bertz CT molecular complexity index is 1280. The first-order valence-electron chi connectivity index (χ1n) is 9.18. The number of aryl methyl sites for hydroxylation is 3. The number of fused-ring (bicyclic) bond motifs is 2. The van der Waals surface area contributed by atoms with Crippen LogP contribution in [0.3, 0.4) is 0 Å². The van der Waals surface area contributed by atoms with Crippen LogP contribution in [0.25, 0.3) is 16.7 Å². The van der Waals surface area contributed by atoms with E-state index in [4.69, 9.17) is 10.5 Å². The van der Waals surface area contributed by atoms with Crippen molar-refractivity contribution in [2.75, 3.05) is 12.8 Å². The number of nitrogens with two attached hydrogens (primary N) is 1. The number of anilines is 1. The van der Waals surface area contributed by atoms with Gasteiger partial charge in [-0.25, -0.2) is 14.3 Å². The molecule has 148 valence electrons. The maximum atomic E-state index is 13.1. The zero-order valence-corrected chi connectivity index (χ0v) is 16.2. The Balaban J connectivity index is 1.91. The molecule has 0 radical (unpaired) electrons. The normalized spacial score (nSPS) is 11.2. The van der Waals surface area contributed by atoms with E-state index >= 15 is 0 Å². The zero-order valence-electron chi connectivity index (χ0n) is 16.2. The maximum Gasteiger partial charge on any atom is 0.344 e. The van der Waals surface area contributed by atoms with Crippen molar-refractivity contribution in [2.45, 2.75) is 26.4 Å². The number of pyridine rings is 2. The molecular formula is C20H21N6O3+. The van der Waals surface area contributed by atoms with Crippen LogP contribution in [0.2, 0.25) is 0 Å². The average Bonchev–Trinajstić information content (AvgIpc) is 3.23. The highest BCUT2D eigenvalue weighted by Gasteiger charge is 2.24. The quantitative estimate of drug-likeness (QED) is 0.309. The summed E-state index contributed by atoms with van der Waals surface area (Å²) in [7, 11) is 1.28. The molecule has 29 heavy (non-hydrogen) atoms. The van der Waals surface area contributed by atoms with Gasteiger partial charge in [0.2, 0.25) is 11.5 Å². The molecule has 9 heteroatoms. The number of ether oxygens (including phenoxy) is 1. The van der Waals surface area contributed by atoms with Crippen molar-refractivity contribution in [3.8, 4) is 0 Å². The fourth-order valence-corrected chi connectivity index (χ4v) is 3.39. The van der Waals surface area contributed by atoms with Crippen LogP contribution in [0.4, 0.5) is 5.82 Å². The summed E-state index contributed by atoms with van der Waals surface area (Å²) in [6.45, 7) is 3.08. The molecule has 0 atom stereocenters. The molecule has 0 aliphatic rings. The molecule has 0 aliphatic heterocycles. The monoisotopic (exact) mass is 393 g/mol. The van der Waals surface area contributed by atoms with E-state index in [2.05, 4.69) is 9.97 Å². The van der Waals surface area contributed by atoms with Gasteiger partial charge in [0.15, 0.2) is 0 Å². The van der Waals surface area contributed by atoms with Crippen molar-refractivity contribution in [2.24, 2.45) is 0 Å². The molecule has 0 aromatic carbocycles. The first kappa shape index (κ1) is 18.6. The summed E-state index contributed by atoms with van der Waals surface area (Å²) in [5.41, 5.74) is 8.07. The fraction of sp³-hybridized carbons (Fsp3) is 0.250. The number of nitrogen functional groups attached to an aromatic ring is 1. The topological polar surface area (TPSA) is 108 Å². The van der Waals surface area contributed by atoms with Crippen molar-refractivity contribution < 1.29 is 14.1 Å². The molecule has 4 heterocycles. The van der Waals surface area contributed by atoms with Crippen molar-refractivity contribution in [1.29, 1.82) is 0 Å². The molecule has 0 aliphatic carbocycles. The summed E-state index contributed by atoms with van der Waals surface area (Å²) in [4.78, 5) is 34.1. The molecule has 9 nitrogen and oxygen atoms in total. The highest BCUT2D eigenvalue weighted by Crippen LogP contribution is 2.16. The number of hydrogen-bond acceptors (Lipinski definition) is 6. The molecule has 0 unspecified atom stereocenters. The Morgan fingerprint density at radius 1 is 1.34 bits per heavy atom. The van der Waals surface area contributed by atoms with Crippen molar-refractivity contribution >= 4 is 28.5 Å². The Morgan fingerprint density at radius 3 is 2.90 bits per heavy atom. The van der Waals surface area contributed by atoms with Gasteiger partial charge in [0.1, 0.15) is 10.9 Å². The number of esters is 1. The number of rotatable bonds is 5. The number of imidazole rings is 1. The standard InChI is InChI=1S/C20H20N6O3/c1-13-4-5-16-23-18-15(19(27)26(16)11-13)10-14(20(28)29-2)17(21)25(18)8-3-7-24-9-6-22-12-24/h4-6,9-12,21H,3,7-8H2,1-2H3/p+1. The molecular weight excluding hydrogens is 372 g/mol. The average molecular weight is 393 g/mol. The van der Waals surface area contributed by atoms with Gasteiger partial charge < -0.3 is 15.0 Å². The van der Waals surface area contributed by atoms with E-state index in [1.54, 1.807) is 29.4 Å². The van der Waals surface area contributed by atoms with Crippen LogP contribution in [-0.2, 0) is 17.8 Å². The number of methoxy groups -OCH3 is 1. The number of carbonyl (C=O) groups is 1. The number of carbonyl (C=O) groups excluding carboxylic acids is 1. The second-order valence-electron chi connectivity index (χ2n) is 6.83. The van der Waals surface area contributed by atoms with Gasteiger partial charge in [0.25, 0.3) is 11.2 Å². The molecule has 4 rings (SSSR count). The van der Waals surface area contributed by atoms with Crippen LogP contribution in [0.5, 0.6) is 0 Å².